The van der Waals surface area contributed by atoms with Crippen molar-refractivity contribution >= 4 is 45.0 Å². The third-order valence-electron chi connectivity index (χ3n) is 5.53. The summed E-state index contributed by atoms with van der Waals surface area (Å²) in [7, 11) is 0. The van der Waals surface area contributed by atoms with Gasteiger partial charge in [0.2, 0.25) is 5.91 Å². The topological polar surface area (TPSA) is 76.0 Å². The van der Waals surface area contributed by atoms with Crippen molar-refractivity contribution in [2.75, 3.05) is 13.1 Å². The van der Waals surface area contributed by atoms with Gasteiger partial charge in [0, 0.05) is 24.4 Å². The van der Waals surface area contributed by atoms with E-state index in [0.29, 0.717) is 23.0 Å². The highest BCUT2D eigenvalue weighted by molar-refractivity contribution is 7.20. The molecule has 1 saturated carbocycles. The van der Waals surface area contributed by atoms with Gasteiger partial charge in [-0.3, -0.25) is 9.59 Å². The molecule has 1 aliphatic carbocycles. The molecule has 1 aromatic carbocycles. The van der Waals surface area contributed by atoms with Crippen molar-refractivity contribution < 1.29 is 9.59 Å². The number of para-hydroxylation sites is 1. The van der Waals surface area contributed by atoms with Gasteiger partial charge < -0.3 is 10.6 Å². The zero-order valence-corrected chi connectivity index (χ0v) is 18.5. The first-order valence-corrected chi connectivity index (χ1v) is 11.5. The van der Waals surface area contributed by atoms with Crippen molar-refractivity contribution in [3.8, 4) is 5.69 Å². The highest BCUT2D eigenvalue weighted by atomic mass is 35.5. The van der Waals surface area contributed by atoms with Crippen LogP contribution < -0.4 is 10.6 Å². The average Bonchev–Trinajstić information content (AvgIpc) is 3.33. The van der Waals surface area contributed by atoms with Gasteiger partial charge in [0.15, 0.2) is 0 Å². The number of fused-ring (bicyclic) bond motifs is 1. The van der Waals surface area contributed by atoms with Crippen LogP contribution in [-0.4, -0.2) is 34.7 Å². The standard InChI is InChI=1S/C22H25ClN4O2S/c1-14-16-13-19(30-22(16)27(26-14)18-10-6-5-9-17(18)23)21(29)25-12-11-24-20(28)15-7-3-2-4-8-15/h5-6,9-10,13,15H,2-4,7-8,11-12H2,1H3,(H,24,28)(H,25,29). The minimum Gasteiger partial charge on any atom is -0.354 e. The lowest BCUT2D eigenvalue weighted by Crippen LogP contribution is -2.38. The van der Waals surface area contributed by atoms with E-state index in [2.05, 4.69) is 15.7 Å². The minimum absolute atomic E-state index is 0.112. The molecule has 2 heterocycles. The number of halogens is 1. The van der Waals surface area contributed by atoms with Crippen molar-refractivity contribution in [3.05, 3.63) is 45.9 Å². The number of aromatic nitrogens is 2. The molecule has 8 heteroatoms. The summed E-state index contributed by atoms with van der Waals surface area (Å²) in [6, 6.07) is 9.38. The van der Waals surface area contributed by atoms with Gasteiger partial charge in [-0.15, -0.1) is 11.3 Å². The van der Waals surface area contributed by atoms with Crippen LogP contribution >= 0.6 is 22.9 Å². The zero-order valence-electron chi connectivity index (χ0n) is 16.9. The van der Waals surface area contributed by atoms with Crippen LogP contribution in [0.15, 0.2) is 30.3 Å². The van der Waals surface area contributed by atoms with Crippen LogP contribution in [0.5, 0.6) is 0 Å². The second-order valence-electron chi connectivity index (χ2n) is 7.66. The van der Waals surface area contributed by atoms with E-state index in [1.54, 1.807) is 4.68 Å². The van der Waals surface area contributed by atoms with E-state index < -0.39 is 0 Å². The second kappa shape index (κ2) is 9.18. The van der Waals surface area contributed by atoms with Crippen molar-refractivity contribution in [2.24, 2.45) is 5.92 Å². The van der Waals surface area contributed by atoms with Crippen LogP contribution in [0.3, 0.4) is 0 Å². The Kier molecular flexibility index (Phi) is 6.39. The number of carbonyl (C=O) groups excluding carboxylic acids is 2. The normalized spacial score (nSPS) is 14.7. The Bertz CT molecular complexity index is 1070. The number of thiophene rings is 1. The summed E-state index contributed by atoms with van der Waals surface area (Å²) in [6.07, 6.45) is 5.43. The molecule has 1 fully saturated rings. The largest absolute Gasteiger partial charge is 0.354 e. The molecule has 30 heavy (non-hydrogen) atoms. The van der Waals surface area contributed by atoms with Crippen LogP contribution in [0.4, 0.5) is 0 Å². The van der Waals surface area contributed by atoms with E-state index in [0.717, 1.165) is 47.3 Å². The van der Waals surface area contributed by atoms with Gasteiger partial charge >= 0.3 is 0 Å². The molecule has 6 nitrogen and oxygen atoms in total. The summed E-state index contributed by atoms with van der Waals surface area (Å²) < 4.78 is 1.79. The van der Waals surface area contributed by atoms with Crippen LogP contribution in [0.1, 0.15) is 47.5 Å². The molecule has 4 rings (SSSR count). The summed E-state index contributed by atoms with van der Waals surface area (Å²) in [5.74, 6) is 0.0993. The Hall–Kier alpha value is -2.38. The maximum atomic E-state index is 12.6. The predicted molar refractivity (Wildman–Crippen MR) is 121 cm³/mol. The van der Waals surface area contributed by atoms with Gasteiger partial charge in [-0.2, -0.15) is 5.10 Å². The number of aryl methyl sites for hydroxylation is 1. The number of hydrogen-bond donors (Lipinski definition) is 2. The van der Waals surface area contributed by atoms with Crippen LogP contribution in [-0.2, 0) is 4.79 Å². The molecule has 158 valence electrons. The second-order valence-corrected chi connectivity index (χ2v) is 9.10. The quantitative estimate of drug-likeness (QED) is 0.550. The maximum Gasteiger partial charge on any atom is 0.261 e. The first kappa shape index (κ1) is 20.9. The Labute approximate surface area is 184 Å². The Morgan fingerprint density at radius 2 is 1.90 bits per heavy atom. The van der Waals surface area contributed by atoms with Crippen molar-refractivity contribution in [3.63, 3.8) is 0 Å². The summed E-state index contributed by atoms with van der Waals surface area (Å²) in [4.78, 5) is 26.3. The lowest BCUT2D eigenvalue weighted by atomic mass is 9.89. The fourth-order valence-electron chi connectivity index (χ4n) is 3.90. The van der Waals surface area contributed by atoms with E-state index in [1.165, 1.54) is 17.8 Å². The number of rotatable bonds is 6. The molecular weight excluding hydrogens is 420 g/mol. The maximum absolute atomic E-state index is 12.6. The van der Waals surface area contributed by atoms with Crippen LogP contribution in [0.2, 0.25) is 5.02 Å². The minimum atomic E-state index is -0.145. The third-order valence-corrected chi connectivity index (χ3v) is 6.96. The monoisotopic (exact) mass is 444 g/mol. The fraction of sp³-hybridized carbons (Fsp3) is 0.409. The van der Waals surface area contributed by atoms with Crippen LogP contribution in [0.25, 0.3) is 15.9 Å². The molecule has 0 spiro atoms. The van der Waals surface area contributed by atoms with Gasteiger partial charge in [0.25, 0.3) is 5.91 Å². The summed E-state index contributed by atoms with van der Waals surface area (Å²) in [5.41, 5.74) is 1.64. The molecule has 0 unspecified atom stereocenters. The number of hydrogen-bond acceptors (Lipinski definition) is 4. The van der Waals surface area contributed by atoms with E-state index in [4.69, 9.17) is 11.6 Å². The molecule has 2 amide bonds. The Morgan fingerprint density at radius 1 is 1.17 bits per heavy atom. The number of nitrogens with zero attached hydrogens (tertiary/aromatic N) is 2. The molecule has 0 saturated heterocycles. The highest BCUT2D eigenvalue weighted by Crippen LogP contribution is 2.32. The molecule has 1 aliphatic rings. The van der Waals surface area contributed by atoms with E-state index in [-0.39, 0.29) is 17.7 Å². The molecule has 0 radical (unpaired) electrons. The molecule has 0 aliphatic heterocycles. The Morgan fingerprint density at radius 3 is 2.67 bits per heavy atom. The van der Waals surface area contributed by atoms with Gasteiger partial charge in [-0.1, -0.05) is 43.0 Å². The molecule has 0 atom stereocenters. The first-order valence-electron chi connectivity index (χ1n) is 10.3. The molecular formula is C22H25ClN4O2S. The lowest BCUT2D eigenvalue weighted by molar-refractivity contribution is -0.125. The highest BCUT2D eigenvalue weighted by Gasteiger charge is 2.21. The number of nitrogens with one attached hydrogen (secondary N) is 2. The lowest BCUT2D eigenvalue weighted by Gasteiger charge is -2.20. The fourth-order valence-corrected chi connectivity index (χ4v) is 5.21. The molecule has 3 aromatic rings. The smallest absolute Gasteiger partial charge is 0.261 e. The van der Waals surface area contributed by atoms with Crippen molar-refractivity contribution in [2.45, 2.75) is 39.0 Å². The van der Waals surface area contributed by atoms with Crippen molar-refractivity contribution in [1.82, 2.24) is 20.4 Å². The molecule has 2 N–H and O–H groups in total. The molecule has 2 aromatic heterocycles. The van der Waals surface area contributed by atoms with Crippen LogP contribution in [0, 0.1) is 12.8 Å². The average molecular weight is 445 g/mol. The SMILES string of the molecule is Cc1nn(-c2ccccc2Cl)c2sc(C(=O)NCCNC(=O)C3CCCCC3)cc12. The number of carbonyl (C=O) groups is 2. The third kappa shape index (κ3) is 4.37. The van der Waals surface area contributed by atoms with E-state index >= 15 is 0 Å². The van der Waals surface area contributed by atoms with Gasteiger partial charge in [0.1, 0.15) is 4.83 Å². The predicted octanol–water partition coefficient (Wildman–Crippen LogP) is 4.48. The van der Waals surface area contributed by atoms with Gasteiger partial charge in [-0.05, 0) is 38.0 Å². The van der Waals surface area contributed by atoms with E-state index in [1.807, 2.05) is 37.3 Å². The summed E-state index contributed by atoms with van der Waals surface area (Å²) in [5, 5.41) is 12.0. The summed E-state index contributed by atoms with van der Waals surface area (Å²) in [6.45, 7) is 2.77. The van der Waals surface area contributed by atoms with Gasteiger partial charge in [0.05, 0.1) is 21.3 Å². The zero-order chi connectivity index (χ0) is 21.1. The first-order chi connectivity index (χ1) is 14.5. The Balaban J connectivity index is 1.39. The summed E-state index contributed by atoms with van der Waals surface area (Å²) >= 11 is 7.72. The van der Waals surface area contributed by atoms with Crippen molar-refractivity contribution in [1.29, 1.82) is 0 Å². The number of benzene rings is 1. The number of amides is 2. The van der Waals surface area contributed by atoms with E-state index in [9.17, 15) is 9.59 Å². The van der Waals surface area contributed by atoms with Gasteiger partial charge in [-0.25, -0.2) is 4.68 Å². The molecule has 0 bridgehead atoms.